The Morgan fingerprint density at radius 2 is 1.86 bits per heavy atom. The number of carboxylic acids is 1. The molecule has 4 nitrogen and oxygen atoms in total. The van der Waals surface area contributed by atoms with Crippen LogP contribution >= 0.6 is 0 Å². The number of Topliss-reactive ketones (excluding diaryl/α,β-unsaturated/α-hetero) is 1. The van der Waals surface area contributed by atoms with Crippen LogP contribution in [0.4, 0.5) is 0 Å². The highest BCUT2D eigenvalue weighted by Crippen LogP contribution is 2.02. The van der Waals surface area contributed by atoms with Crippen LogP contribution in [0.15, 0.2) is 30.3 Å². The average Bonchev–Trinajstić information content (AvgIpc) is 2.18. The molecule has 0 aliphatic heterocycles. The molecule has 1 aromatic carbocycles. The Labute approximate surface area is 81.3 Å². The molecule has 4 heteroatoms. The molecule has 0 amide bonds. The summed E-state index contributed by atoms with van der Waals surface area (Å²) in [4.78, 5) is 21.2. The van der Waals surface area contributed by atoms with Crippen LogP contribution in [0.1, 0.15) is 5.56 Å². The first-order chi connectivity index (χ1) is 6.61. The quantitative estimate of drug-likeness (QED) is 0.670. The topological polar surface area (TPSA) is 80.4 Å². The van der Waals surface area contributed by atoms with Gasteiger partial charge in [0.05, 0.1) is 6.04 Å². The van der Waals surface area contributed by atoms with Gasteiger partial charge in [-0.2, -0.15) is 0 Å². The number of aliphatic carboxylic acids is 1. The molecule has 74 valence electrons. The maximum Gasteiger partial charge on any atom is 0.373 e. The fraction of sp³-hybridized carbons (Fsp3) is 0.200. The molecule has 3 N–H and O–H groups in total. The maximum absolute atomic E-state index is 10.9. The molecule has 0 saturated carbocycles. The lowest BCUT2D eigenvalue weighted by Gasteiger charge is -2.06. The molecule has 0 radical (unpaired) electrons. The summed E-state index contributed by atoms with van der Waals surface area (Å²) in [6.07, 6.45) is 0.256. The van der Waals surface area contributed by atoms with Crippen molar-refractivity contribution in [2.24, 2.45) is 5.73 Å². The smallest absolute Gasteiger partial charge is 0.373 e. The Balaban J connectivity index is 2.62. The van der Waals surface area contributed by atoms with Crippen molar-refractivity contribution in [2.45, 2.75) is 12.5 Å². The Bertz CT molecular complexity index is 334. The molecular weight excluding hydrogens is 182 g/mol. The summed E-state index contributed by atoms with van der Waals surface area (Å²) in [6, 6.07) is 8.11. The molecule has 0 unspecified atom stereocenters. The Hall–Kier alpha value is -1.68. The van der Waals surface area contributed by atoms with E-state index in [9.17, 15) is 9.59 Å². The van der Waals surface area contributed by atoms with E-state index in [4.69, 9.17) is 10.8 Å². The van der Waals surface area contributed by atoms with Crippen molar-refractivity contribution < 1.29 is 14.7 Å². The van der Waals surface area contributed by atoms with E-state index in [1.807, 2.05) is 18.2 Å². The van der Waals surface area contributed by atoms with Crippen LogP contribution in [0.25, 0.3) is 0 Å². The zero-order chi connectivity index (χ0) is 10.6. The zero-order valence-electron chi connectivity index (χ0n) is 7.51. The van der Waals surface area contributed by atoms with E-state index in [1.54, 1.807) is 12.1 Å². The molecule has 0 aliphatic rings. The highest BCUT2D eigenvalue weighted by atomic mass is 16.4. The number of hydrogen-bond donors (Lipinski definition) is 2. The SMILES string of the molecule is N[C@@H](Cc1ccccc1)C(=O)C(=O)O. The van der Waals surface area contributed by atoms with Gasteiger partial charge in [-0.05, 0) is 12.0 Å². The number of rotatable bonds is 4. The Morgan fingerprint density at radius 1 is 1.29 bits per heavy atom. The van der Waals surface area contributed by atoms with Gasteiger partial charge >= 0.3 is 5.97 Å². The monoisotopic (exact) mass is 193 g/mol. The molecular formula is C10H11NO3. The van der Waals surface area contributed by atoms with Crippen molar-refractivity contribution in [2.75, 3.05) is 0 Å². The minimum atomic E-state index is -1.48. The first-order valence-corrected chi connectivity index (χ1v) is 4.18. The van der Waals surface area contributed by atoms with Crippen molar-refractivity contribution >= 4 is 11.8 Å². The van der Waals surface area contributed by atoms with Gasteiger partial charge in [0.1, 0.15) is 0 Å². The fourth-order valence-electron chi connectivity index (χ4n) is 1.12. The summed E-state index contributed by atoms with van der Waals surface area (Å²) >= 11 is 0. The molecule has 0 spiro atoms. The second-order valence-electron chi connectivity index (χ2n) is 2.97. The molecule has 14 heavy (non-hydrogen) atoms. The van der Waals surface area contributed by atoms with Crippen molar-refractivity contribution in [3.8, 4) is 0 Å². The van der Waals surface area contributed by atoms with E-state index in [0.717, 1.165) is 5.56 Å². The number of nitrogens with two attached hydrogens (primary N) is 1. The van der Waals surface area contributed by atoms with Crippen LogP contribution < -0.4 is 5.73 Å². The summed E-state index contributed by atoms with van der Waals surface area (Å²) in [5.74, 6) is -2.43. The third-order valence-electron chi connectivity index (χ3n) is 1.85. The fourth-order valence-corrected chi connectivity index (χ4v) is 1.12. The first-order valence-electron chi connectivity index (χ1n) is 4.18. The van der Waals surface area contributed by atoms with E-state index in [0.29, 0.717) is 0 Å². The Kier molecular flexibility index (Phi) is 3.36. The van der Waals surface area contributed by atoms with Gasteiger partial charge in [-0.3, -0.25) is 4.79 Å². The minimum absolute atomic E-state index is 0.256. The summed E-state index contributed by atoms with van der Waals surface area (Å²) < 4.78 is 0. The number of hydrogen-bond acceptors (Lipinski definition) is 3. The average molecular weight is 193 g/mol. The number of benzene rings is 1. The van der Waals surface area contributed by atoms with Gasteiger partial charge in [-0.1, -0.05) is 30.3 Å². The van der Waals surface area contributed by atoms with E-state index in [2.05, 4.69) is 0 Å². The molecule has 0 saturated heterocycles. The molecule has 1 aromatic rings. The van der Waals surface area contributed by atoms with Gasteiger partial charge in [-0.25, -0.2) is 4.79 Å². The molecule has 0 bridgehead atoms. The molecule has 0 fully saturated rings. The summed E-state index contributed by atoms with van der Waals surface area (Å²) in [5, 5.41) is 8.40. The zero-order valence-corrected chi connectivity index (χ0v) is 7.51. The number of ketones is 1. The lowest BCUT2D eigenvalue weighted by Crippen LogP contribution is -2.37. The van der Waals surface area contributed by atoms with Crippen molar-refractivity contribution in [3.63, 3.8) is 0 Å². The molecule has 0 heterocycles. The van der Waals surface area contributed by atoms with Gasteiger partial charge in [0.2, 0.25) is 0 Å². The van der Waals surface area contributed by atoms with Crippen LogP contribution in [0.2, 0.25) is 0 Å². The van der Waals surface area contributed by atoms with Crippen LogP contribution in [0.3, 0.4) is 0 Å². The van der Waals surface area contributed by atoms with Crippen molar-refractivity contribution in [1.82, 2.24) is 0 Å². The standard InChI is InChI=1S/C10H11NO3/c11-8(9(12)10(13)14)6-7-4-2-1-3-5-7/h1-5,8H,6,11H2,(H,13,14)/t8-/m0/s1. The van der Waals surface area contributed by atoms with E-state index in [-0.39, 0.29) is 6.42 Å². The largest absolute Gasteiger partial charge is 0.475 e. The number of carbonyl (C=O) groups is 2. The molecule has 1 rings (SSSR count). The highest BCUT2D eigenvalue weighted by molar-refractivity contribution is 6.34. The van der Waals surface area contributed by atoms with E-state index >= 15 is 0 Å². The predicted molar refractivity (Wildman–Crippen MR) is 50.8 cm³/mol. The first kappa shape index (κ1) is 10.4. The summed E-state index contributed by atoms with van der Waals surface area (Å²) in [6.45, 7) is 0. The molecule has 0 aliphatic carbocycles. The predicted octanol–water partition coefficient (Wildman–Crippen LogP) is 0.210. The Morgan fingerprint density at radius 3 is 2.36 bits per heavy atom. The normalized spacial score (nSPS) is 12.1. The summed E-state index contributed by atoms with van der Waals surface area (Å²) in [5.41, 5.74) is 6.28. The van der Waals surface area contributed by atoms with Crippen LogP contribution in [-0.2, 0) is 16.0 Å². The summed E-state index contributed by atoms with van der Waals surface area (Å²) in [7, 11) is 0. The van der Waals surface area contributed by atoms with Gasteiger partial charge in [0.25, 0.3) is 5.78 Å². The van der Waals surface area contributed by atoms with Crippen LogP contribution in [0, 0.1) is 0 Å². The lowest BCUT2D eigenvalue weighted by molar-refractivity contribution is -0.149. The molecule has 0 aromatic heterocycles. The van der Waals surface area contributed by atoms with Crippen LogP contribution in [0.5, 0.6) is 0 Å². The van der Waals surface area contributed by atoms with E-state index < -0.39 is 17.8 Å². The van der Waals surface area contributed by atoms with Crippen molar-refractivity contribution in [1.29, 1.82) is 0 Å². The van der Waals surface area contributed by atoms with E-state index in [1.165, 1.54) is 0 Å². The van der Waals surface area contributed by atoms with Crippen molar-refractivity contribution in [3.05, 3.63) is 35.9 Å². The highest BCUT2D eigenvalue weighted by Gasteiger charge is 2.20. The van der Waals surface area contributed by atoms with Gasteiger partial charge in [0, 0.05) is 0 Å². The maximum atomic E-state index is 10.9. The third-order valence-corrected chi connectivity index (χ3v) is 1.85. The third kappa shape index (κ3) is 2.67. The van der Waals surface area contributed by atoms with Gasteiger partial charge in [0.15, 0.2) is 0 Å². The molecule has 1 atom stereocenters. The van der Waals surface area contributed by atoms with Crippen LogP contribution in [-0.4, -0.2) is 22.9 Å². The second kappa shape index (κ2) is 4.53. The van der Waals surface area contributed by atoms with Gasteiger partial charge < -0.3 is 10.8 Å². The van der Waals surface area contributed by atoms with Gasteiger partial charge in [-0.15, -0.1) is 0 Å². The second-order valence-corrected chi connectivity index (χ2v) is 2.97. The minimum Gasteiger partial charge on any atom is -0.475 e. The number of carboxylic acid groups (broad SMARTS) is 1. The lowest BCUT2D eigenvalue weighted by atomic mass is 10.0. The number of carbonyl (C=O) groups excluding carboxylic acids is 1.